The lowest BCUT2D eigenvalue weighted by molar-refractivity contribution is -0.162. The average molecular weight is 174 g/mol. The summed E-state index contributed by atoms with van der Waals surface area (Å²) in [6.45, 7) is 0.944. The molecule has 0 radical (unpaired) electrons. The number of nitrogens with zero attached hydrogens (tertiary/aromatic N) is 1. The van der Waals surface area contributed by atoms with Gasteiger partial charge in [-0.25, -0.2) is 5.06 Å². The zero-order valence-electron chi connectivity index (χ0n) is 6.90. The number of carbonyl (C=O) groups is 1. The summed E-state index contributed by atoms with van der Waals surface area (Å²) in [5.74, 6) is -0.159. The molecule has 1 fully saturated rings. The standard InChI is InChI=1S/C7H14N2O3/c8-6-5-12-9(7(6)11)3-1-2-4-10/h6,10H,1-5,8H2. The van der Waals surface area contributed by atoms with Gasteiger partial charge in [0.25, 0.3) is 5.91 Å². The molecule has 1 unspecified atom stereocenters. The maximum Gasteiger partial charge on any atom is 0.265 e. The minimum Gasteiger partial charge on any atom is -0.396 e. The highest BCUT2D eigenvalue weighted by Gasteiger charge is 2.29. The smallest absolute Gasteiger partial charge is 0.265 e. The molecule has 1 aliphatic rings. The Hall–Kier alpha value is -0.650. The molecule has 0 saturated carbocycles. The van der Waals surface area contributed by atoms with Crippen molar-refractivity contribution in [3.63, 3.8) is 0 Å². The van der Waals surface area contributed by atoms with Crippen molar-refractivity contribution in [2.24, 2.45) is 5.73 Å². The highest BCUT2D eigenvalue weighted by molar-refractivity contribution is 5.82. The molecule has 1 aliphatic heterocycles. The van der Waals surface area contributed by atoms with Crippen LogP contribution >= 0.6 is 0 Å². The molecule has 1 rings (SSSR count). The largest absolute Gasteiger partial charge is 0.396 e. The van der Waals surface area contributed by atoms with Crippen molar-refractivity contribution >= 4 is 5.91 Å². The normalized spacial score (nSPS) is 23.7. The first-order valence-corrected chi connectivity index (χ1v) is 4.06. The molecular weight excluding hydrogens is 160 g/mol. The van der Waals surface area contributed by atoms with Crippen molar-refractivity contribution in [2.75, 3.05) is 19.8 Å². The lowest BCUT2D eigenvalue weighted by atomic mass is 10.3. The molecule has 70 valence electrons. The number of amides is 1. The highest BCUT2D eigenvalue weighted by Crippen LogP contribution is 2.06. The van der Waals surface area contributed by atoms with Crippen LogP contribution in [0.4, 0.5) is 0 Å². The number of nitrogens with two attached hydrogens (primary N) is 1. The minimum atomic E-state index is -0.501. The van der Waals surface area contributed by atoms with Gasteiger partial charge in [-0.1, -0.05) is 0 Å². The Balaban J connectivity index is 2.20. The predicted octanol–water partition coefficient (Wildman–Crippen LogP) is -1.14. The van der Waals surface area contributed by atoms with Crippen molar-refractivity contribution < 1.29 is 14.7 Å². The van der Waals surface area contributed by atoms with E-state index < -0.39 is 6.04 Å². The number of rotatable bonds is 4. The Kier molecular flexibility index (Phi) is 3.46. The predicted molar refractivity (Wildman–Crippen MR) is 42.0 cm³/mol. The van der Waals surface area contributed by atoms with Gasteiger partial charge < -0.3 is 10.8 Å². The number of unbranched alkanes of at least 4 members (excludes halogenated alkanes) is 1. The van der Waals surface area contributed by atoms with Gasteiger partial charge in [-0.3, -0.25) is 9.63 Å². The fourth-order valence-corrected chi connectivity index (χ4v) is 1.03. The van der Waals surface area contributed by atoms with Crippen molar-refractivity contribution in [3.8, 4) is 0 Å². The molecule has 0 aliphatic carbocycles. The quantitative estimate of drug-likeness (QED) is 0.528. The molecule has 12 heavy (non-hydrogen) atoms. The second-order valence-corrected chi connectivity index (χ2v) is 2.77. The van der Waals surface area contributed by atoms with Crippen molar-refractivity contribution in [1.82, 2.24) is 5.06 Å². The number of hydrogen-bond acceptors (Lipinski definition) is 4. The van der Waals surface area contributed by atoms with Crippen LogP contribution < -0.4 is 5.73 Å². The first kappa shape index (κ1) is 9.44. The van der Waals surface area contributed by atoms with Gasteiger partial charge in [0, 0.05) is 13.2 Å². The molecule has 5 heteroatoms. The highest BCUT2D eigenvalue weighted by atomic mass is 16.7. The van der Waals surface area contributed by atoms with Gasteiger partial charge in [0.05, 0.1) is 6.61 Å². The Morgan fingerprint density at radius 2 is 2.42 bits per heavy atom. The van der Waals surface area contributed by atoms with Gasteiger partial charge in [0.15, 0.2) is 0 Å². The SMILES string of the molecule is NC1CON(CCCCO)C1=O. The van der Waals surface area contributed by atoms with E-state index in [2.05, 4.69) is 0 Å². The molecule has 3 N–H and O–H groups in total. The summed E-state index contributed by atoms with van der Waals surface area (Å²) in [5.41, 5.74) is 5.41. The van der Waals surface area contributed by atoms with Gasteiger partial charge in [0.2, 0.25) is 0 Å². The maximum atomic E-state index is 11.1. The Morgan fingerprint density at radius 3 is 2.92 bits per heavy atom. The van der Waals surface area contributed by atoms with Gasteiger partial charge in [-0.15, -0.1) is 0 Å². The maximum absolute atomic E-state index is 11.1. The van der Waals surface area contributed by atoms with E-state index in [1.54, 1.807) is 0 Å². The third-order valence-corrected chi connectivity index (χ3v) is 1.74. The van der Waals surface area contributed by atoms with Crippen LogP contribution in [0, 0.1) is 0 Å². The van der Waals surface area contributed by atoms with Crippen LogP contribution in [0.2, 0.25) is 0 Å². The van der Waals surface area contributed by atoms with Gasteiger partial charge >= 0.3 is 0 Å². The first-order valence-electron chi connectivity index (χ1n) is 4.06. The monoisotopic (exact) mass is 174 g/mol. The van der Waals surface area contributed by atoms with Crippen molar-refractivity contribution in [3.05, 3.63) is 0 Å². The molecule has 0 spiro atoms. The van der Waals surface area contributed by atoms with Crippen molar-refractivity contribution in [1.29, 1.82) is 0 Å². The van der Waals surface area contributed by atoms with E-state index in [-0.39, 0.29) is 19.1 Å². The molecular formula is C7H14N2O3. The molecule has 0 aromatic carbocycles. The van der Waals surface area contributed by atoms with Crippen LogP contribution in [-0.4, -0.2) is 41.9 Å². The number of aliphatic hydroxyl groups excluding tert-OH is 1. The Bertz CT molecular complexity index is 163. The van der Waals surface area contributed by atoms with E-state index in [9.17, 15) is 4.79 Å². The molecule has 1 atom stereocenters. The molecule has 1 heterocycles. The van der Waals surface area contributed by atoms with Crippen LogP contribution in [0.15, 0.2) is 0 Å². The number of hydroxylamine groups is 2. The summed E-state index contributed by atoms with van der Waals surface area (Å²) in [7, 11) is 0. The van der Waals surface area contributed by atoms with E-state index >= 15 is 0 Å². The molecule has 0 aromatic heterocycles. The summed E-state index contributed by atoms with van der Waals surface area (Å²) in [5, 5.41) is 9.77. The lowest BCUT2D eigenvalue weighted by Gasteiger charge is -2.12. The summed E-state index contributed by atoms with van der Waals surface area (Å²) in [6.07, 6.45) is 1.43. The summed E-state index contributed by atoms with van der Waals surface area (Å²) in [4.78, 5) is 16.1. The fourth-order valence-electron chi connectivity index (χ4n) is 1.03. The van der Waals surface area contributed by atoms with E-state index in [1.807, 2.05) is 0 Å². The zero-order chi connectivity index (χ0) is 8.97. The van der Waals surface area contributed by atoms with E-state index in [0.29, 0.717) is 13.0 Å². The third kappa shape index (κ3) is 2.17. The summed E-state index contributed by atoms with van der Waals surface area (Å²) in [6, 6.07) is -0.501. The topological polar surface area (TPSA) is 75.8 Å². The van der Waals surface area contributed by atoms with Gasteiger partial charge in [-0.2, -0.15) is 0 Å². The van der Waals surface area contributed by atoms with Crippen LogP contribution in [0.3, 0.4) is 0 Å². The summed E-state index contributed by atoms with van der Waals surface area (Å²) < 4.78 is 0. The number of hydrogen-bond donors (Lipinski definition) is 2. The van der Waals surface area contributed by atoms with E-state index in [4.69, 9.17) is 15.7 Å². The second kappa shape index (κ2) is 4.39. The molecule has 5 nitrogen and oxygen atoms in total. The Morgan fingerprint density at radius 1 is 1.67 bits per heavy atom. The van der Waals surface area contributed by atoms with Gasteiger partial charge in [-0.05, 0) is 12.8 Å². The lowest BCUT2D eigenvalue weighted by Crippen LogP contribution is -2.34. The minimum absolute atomic E-state index is 0.147. The molecule has 0 aromatic rings. The van der Waals surface area contributed by atoms with Crippen LogP contribution in [0.1, 0.15) is 12.8 Å². The number of aliphatic hydroxyl groups is 1. The third-order valence-electron chi connectivity index (χ3n) is 1.74. The molecule has 1 saturated heterocycles. The molecule has 0 bridgehead atoms. The zero-order valence-corrected chi connectivity index (χ0v) is 6.90. The van der Waals surface area contributed by atoms with Crippen LogP contribution in [0.25, 0.3) is 0 Å². The van der Waals surface area contributed by atoms with Gasteiger partial charge in [0.1, 0.15) is 6.04 Å². The fraction of sp³-hybridized carbons (Fsp3) is 0.857. The van der Waals surface area contributed by atoms with Crippen LogP contribution in [-0.2, 0) is 9.63 Å². The second-order valence-electron chi connectivity index (χ2n) is 2.77. The van der Waals surface area contributed by atoms with Crippen molar-refractivity contribution in [2.45, 2.75) is 18.9 Å². The molecule has 1 amide bonds. The average Bonchev–Trinajstić information content (AvgIpc) is 2.36. The number of carbonyl (C=O) groups excluding carboxylic acids is 1. The Labute approximate surface area is 71.0 Å². The van der Waals surface area contributed by atoms with E-state index in [1.165, 1.54) is 5.06 Å². The van der Waals surface area contributed by atoms with Crippen LogP contribution in [0.5, 0.6) is 0 Å². The first-order chi connectivity index (χ1) is 5.75. The summed E-state index contributed by atoms with van der Waals surface area (Å²) >= 11 is 0. The van der Waals surface area contributed by atoms with E-state index in [0.717, 1.165) is 6.42 Å².